The number of anilines is 2. The number of rotatable bonds is 8. The molecule has 0 spiro atoms. The van der Waals surface area contributed by atoms with E-state index in [9.17, 15) is 18.0 Å². The molecule has 5 rings (SSSR count). The Labute approximate surface area is 213 Å². The van der Waals surface area contributed by atoms with Crippen LogP contribution in [0.2, 0.25) is 0 Å². The first kappa shape index (κ1) is 24.8. The third-order valence-corrected chi connectivity index (χ3v) is 9.93. The van der Waals surface area contributed by atoms with E-state index in [0.29, 0.717) is 48.0 Å². The zero-order chi connectivity index (χ0) is 25.4. The van der Waals surface area contributed by atoms with Crippen LogP contribution in [0.1, 0.15) is 43.6 Å². The average molecular weight is 532 g/mol. The summed E-state index contributed by atoms with van der Waals surface area (Å²) in [6, 6.07) is 5.10. The Hall–Kier alpha value is -2.83. The lowest BCUT2D eigenvalue weighted by atomic mass is 9.85. The monoisotopic (exact) mass is 531 g/mol. The summed E-state index contributed by atoms with van der Waals surface area (Å²) < 4.78 is 31.9. The van der Waals surface area contributed by atoms with Crippen LogP contribution in [0.5, 0.6) is 0 Å². The van der Waals surface area contributed by atoms with E-state index in [4.69, 9.17) is 4.74 Å². The van der Waals surface area contributed by atoms with Gasteiger partial charge in [0, 0.05) is 39.1 Å². The summed E-state index contributed by atoms with van der Waals surface area (Å²) >= 11 is 1.24. The molecule has 36 heavy (non-hydrogen) atoms. The lowest BCUT2D eigenvalue weighted by Crippen LogP contribution is -2.32. The highest BCUT2D eigenvalue weighted by Gasteiger charge is 2.41. The Balaban J connectivity index is 1.51. The van der Waals surface area contributed by atoms with Crippen LogP contribution in [-0.2, 0) is 19.4 Å². The largest absolute Gasteiger partial charge is 0.381 e. The highest BCUT2D eigenvalue weighted by atomic mass is 32.2. The number of hydrogen-bond donors (Lipinski definition) is 2. The van der Waals surface area contributed by atoms with Crippen LogP contribution >= 0.6 is 11.3 Å². The summed E-state index contributed by atoms with van der Waals surface area (Å²) in [5, 5.41) is 2.72. The van der Waals surface area contributed by atoms with Crippen LogP contribution in [0.25, 0.3) is 10.3 Å². The molecule has 0 bridgehead atoms. The van der Waals surface area contributed by atoms with Crippen molar-refractivity contribution in [3.8, 4) is 0 Å². The fourth-order valence-corrected chi connectivity index (χ4v) is 7.33. The second-order valence-corrected chi connectivity index (χ2v) is 12.7. The van der Waals surface area contributed by atoms with E-state index < -0.39 is 32.5 Å². The molecule has 2 N–H and O–H groups in total. The van der Waals surface area contributed by atoms with Crippen molar-refractivity contribution in [2.24, 2.45) is 5.92 Å². The Bertz CT molecular complexity index is 1440. The minimum Gasteiger partial charge on any atom is -0.381 e. The van der Waals surface area contributed by atoms with Gasteiger partial charge >= 0.3 is 0 Å². The van der Waals surface area contributed by atoms with Crippen LogP contribution in [-0.4, -0.2) is 61.8 Å². The van der Waals surface area contributed by atoms with Crippen molar-refractivity contribution in [1.29, 1.82) is 0 Å². The van der Waals surface area contributed by atoms with Crippen molar-refractivity contribution in [1.82, 2.24) is 15.0 Å². The molecule has 10 nitrogen and oxygen atoms in total. The number of carbonyl (C=O) groups is 1. The van der Waals surface area contributed by atoms with Crippen molar-refractivity contribution in [2.75, 3.05) is 37.5 Å². The highest BCUT2D eigenvalue weighted by Crippen LogP contribution is 2.38. The third-order valence-electron chi connectivity index (χ3n) is 6.73. The number of ether oxygens (including phenoxy) is 1. The molecule has 192 valence electrons. The molecule has 0 radical (unpaired) electrons. The first-order chi connectivity index (χ1) is 17.2. The van der Waals surface area contributed by atoms with Crippen LogP contribution in [0.15, 0.2) is 34.1 Å². The molecule has 1 saturated carbocycles. The number of thiazole rings is 1. The Morgan fingerprint density at radius 3 is 2.64 bits per heavy atom. The van der Waals surface area contributed by atoms with E-state index in [0.717, 1.165) is 18.7 Å². The molecular formula is C24H29N5O5S2. The molecule has 1 saturated heterocycles. The van der Waals surface area contributed by atoms with Gasteiger partial charge in [0.25, 0.3) is 5.56 Å². The Morgan fingerprint density at radius 2 is 1.94 bits per heavy atom. The van der Waals surface area contributed by atoms with Gasteiger partial charge in [0.05, 0.1) is 16.1 Å². The number of fused-ring (bicyclic) bond motifs is 1. The maximum atomic E-state index is 13.7. The summed E-state index contributed by atoms with van der Waals surface area (Å²) in [4.78, 5) is 40.9. The highest BCUT2D eigenvalue weighted by molar-refractivity contribution is 7.92. The van der Waals surface area contributed by atoms with Gasteiger partial charge in [-0.05, 0) is 56.2 Å². The van der Waals surface area contributed by atoms with Crippen LogP contribution in [0, 0.1) is 5.92 Å². The molecule has 1 amide bonds. The van der Waals surface area contributed by atoms with Gasteiger partial charge in [-0.1, -0.05) is 11.3 Å². The second-order valence-electron chi connectivity index (χ2n) is 9.57. The zero-order valence-corrected chi connectivity index (χ0v) is 21.8. The van der Waals surface area contributed by atoms with Gasteiger partial charge in [-0.2, -0.15) is 0 Å². The predicted octanol–water partition coefficient (Wildman–Crippen LogP) is 2.92. The second kappa shape index (κ2) is 9.91. The number of pyridine rings is 2. The van der Waals surface area contributed by atoms with Crippen molar-refractivity contribution in [2.45, 2.75) is 48.2 Å². The molecular weight excluding hydrogens is 502 g/mol. The molecule has 1 atom stereocenters. The fourth-order valence-electron chi connectivity index (χ4n) is 4.58. The number of nitrogens with one attached hydrogen (secondary N) is 2. The van der Waals surface area contributed by atoms with Crippen molar-refractivity contribution in [3.63, 3.8) is 0 Å². The quantitative estimate of drug-likeness (QED) is 0.453. The number of aromatic nitrogens is 3. The fraction of sp³-hybridized carbons (Fsp3) is 0.500. The molecule has 4 heterocycles. The van der Waals surface area contributed by atoms with Crippen LogP contribution in [0.3, 0.4) is 0 Å². The summed E-state index contributed by atoms with van der Waals surface area (Å²) in [5.41, 5.74) is 0.115. The number of aromatic amines is 1. The van der Waals surface area contributed by atoms with Gasteiger partial charge < -0.3 is 19.9 Å². The average Bonchev–Trinajstić information content (AvgIpc) is 3.64. The summed E-state index contributed by atoms with van der Waals surface area (Å²) in [7, 11) is 0.0877. The molecule has 1 aliphatic carbocycles. The number of sulfone groups is 1. The van der Waals surface area contributed by atoms with Crippen molar-refractivity contribution < 1.29 is 17.9 Å². The van der Waals surface area contributed by atoms with E-state index in [1.165, 1.54) is 23.6 Å². The maximum absolute atomic E-state index is 13.7. The van der Waals surface area contributed by atoms with Gasteiger partial charge in [0.2, 0.25) is 5.91 Å². The standard InChI is InChI=1S/C24H29N5O5S2/c1-29(2)19-6-5-17-23(27-19)35-24(26-17)28-21(30)16(13-14-8-11-34-12-9-14)20-18(7-10-25-22(20)31)36(32,33)15-3-4-15/h5-7,10,14-16H,3-4,8-9,11-13H2,1-2H3,(H,25,31)(H,26,28,30). The number of nitrogens with zero attached hydrogens (tertiary/aromatic N) is 3. The molecule has 2 fully saturated rings. The molecule has 1 unspecified atom stereocenters. The maximum Gasteiger partial charge on any atom is 0.253 e. The van der Waals surface area contributed by atoms with Crippen LogP contribution < -0.4 is 15.8 Å². The van der Waals surface area contributed by atoms with Crippen LogP contribution in [0.4, 0.5) is 10.9 Å². The molecule has 1 aliphatic heterocycles. The molecule has 3 aromatic heterocycles. The van der Waals surface area contributed by atoms with E-state index >= 15 is 0 Å². The molecule has 3 aromatic rings. The Morgan fingerprint density at radius 1 is 1.19 bits per heavy atom. The first-order valence-corrected chi connectivity index (χ1v) is 14.4. The smallest absolute Gasteiger partial charge is 0.253 e. The number of amides is 1. The topological polar surface area (TPSA) is 134 Å². The van der Waals surface area contributed by atoms with Gasteiger partial charge in [-0.25, -0.2) is 18.4 Å². The SMILES string of the molecule is CN(C)c1ccc2nc(NC(=O)C(CC3CCOCC3)c3c(S(=O)(=O)C4CC4)cc[nH]c3=O)sc2n1. The van der Waals surface area contributed by atoms with Gasteiger partial charge in [-0.3, -0.25) is 9.59 Å². The van der Waals surface area contributed by atoms with E-state index in [1.54, 1.807) is 0 Å². The lowest BCUT2D eigenvalue weighted by molar-refractivity contribution is -0.118. The molecule has 12 heteroatoms. The first-order valence-electron chi connectivity index (χ1n) is 12.0. The summed E-state index contributed by atoms with van der Waals surface area (Å²) in [6.07, 6.45) is 4.32. The minimum absolute atomic E-state index is 0.0162. The molecule has 2 aliphatic rings. The van der Waals surface area contributed by atoms with E-state index in [1.807, 2.05) is 31.1 Å². The molecule has 0 aromatic carbocycles. The number of hydrogen-bond acceptors (Lipinski definition) is 9. The lowest BCUT2D eigenvalue weighted by Gasteiger charge is -2.26. The van der Waals surface area contributed by atoms with Gasteiger partial charge in [-0.15, -0.1) is 0 Å². The zero-order valence-electron chi connectivity index (χ0n) is 20.2. The Kier molecular flexibility index (Phi) is 6.84. The normalized spacial score (nSPS) is 17.7. The predicted molar refractivity (Wildman–Crippen MR) is 139 cm³/mol. The van der Waals surface area contributed by atoms with Crippen molar-refractivity contribution >= 4 is 48.4 Å². The minimum atomic E-state index is -3.70. The number of carbonyl (C=O) groups excluding carboxylic acids is 1. The van der Waals surface area contributed by atoms with E-state index in [2.05, 4.69) is 20.3 Å². The van der Waals surface area contributed by atoms with Gasteiger partial charge in [0.15, 0.2) is 15.0 Å². The summed E-state index contributed by atoms with van der Waals surface area (Å²) in [5.74, 6) is -0.492. The van der Waals surface area contributed by atoms with Crippen molar-refractivity contribution in [3.05, 3.63) is 40.3 Å². The number of H-pyrrole nitrogens is 1. The van der Waals surface area contributed by atoms with E-state index in [-0.39, 0.29) is 16.4 Å². The third kappa shape index (κ3) is 5.02. The summed E-state index contributed by atoms with van der Waals surface area (Å²) in [6.45, 7) is 1.16. The van der Waals surface area contributed by atoms with Gasteiger partial charge in [0.1, 0.15) is 16.2 Å².